The summed E-state index contributed by atoms with van der Waals surface area (Å²) in [5, 5.41) is 6.26. The van der Waals surface area contributed by atoms with Gasteiger partial charge in [0.05, 0.1) is 12.4 Å². The lowest BCUT2D eigenvalue weighted by molar-refractivity contribution is -0.123. The van der Waals surface area contributed by atoms with Crippen LogP contribution in [0.4, 0.5) is 0 Å². The average molecular weight is 270 g/mol. The van der Waals surface area contributed by atoms with Gasteiger partial charge in [-0.3, -0.25) is 4.79 Å². The van der Waals surface area contributed by atoms with Gasteiger partial charge in [0.15, 0.2) is 0 Å². The number of nitrogens with zero attached hydrogens (tertiary/aromatic N) is 1. The van der Waals surface area contributed by atoms with E-state index in [-0.39, 0.29) is 11.9 Å². The Kier molecular flexibility index (Phi) is 3.78. The first-order valence-corrected chi connectivity index (χ1v) is 6.88. The number of carbonyl (C=O) groups excluding carboxylic acids is 1. The summed E-state index contributed by atoms with van der Waals surface area (Å²) in [5.41, 5.74) is 3.58. The Hall–Kier alpha value is -2.14. The van der Waals surface area contributed by atoms with E-state index in [2.05, 4.69) is 32.7 Å². The summed E-state index contributed by atoms with van der Waals surface area (Å²) in [6, 6.07) is 8.13. The summed E-state index contributed by atoms with van der Waals surface area (Å²) in [6.45, 7) is 1.38. The van der Waals surface area contributed by atoms with Crippen molar-refractivity contribution in [1.82, 2.24) is 20.6 Å². The van der Waals surface area contributed by atoms with Crippen LogP contribution in [0.15, 0.2) is 36.8 Å². The number of rotatable bonds is 4. The SMILES string of the molecule is O=C(NCCc1cnc[nH]1)C1Cc2ccccc2CN1. The van der Waals surface area contributed by atoms with Gasteiger partial charge in [0.2, 0.25) is 5.91 Å². The molecule has 0 saturated heterocycles. The van der Waals surface area contributed by atoms with Crippen molar-refractivity contribution in [3.63, 3.8) is 0 Å². The lowest BCUT2D eigenvalue weighted by atomic mass is 9.95. The molecule has 0 aliphatic carbocycles. The van der Waals surface area contributed by atoms with E-state index in [1.807, 2.05) is 12.1 Å². The number of hydrogen-bond donors (Lipinski definition) is 3. The molecule has 1 aromatic heterocycles. The molecule has 0 fully saturated rings. The maximum absolute atomic E-state index is 12.1. The second kappa shape index (κ2) is 5.88. The summed E-state index contributed by atoms with van der Waals surface area (Å²) in [5.74, 6) is 0.0685. The van der Waals surface area contributed by atoms with Crippen molar-refractivity contribution in [2.45, 2.75) is 25.4 Å². The van der Waals surface area contributed by atoms with Crippen LogP contribution in [0.1, 0.15) is 16.8 Å². The van der Waals surface area contributed by atoms with Crippen LogP contribution >= 0.6 is 0 Å². The molecule has 5 nitrogen and oxygen atoms in total. The third-order valence-corrected chi connectivity index (χ3v) is 3.65. The number of aromatic nitrogens is 2. The first kappa shape index (κ1) is 12.9. The molecule has 3 N–H and O–H groups in total. The predicted octanol–water partition coefficient (Wildman–Crippen LogP) is 0.783. The molecule has 0 saturated carbocycles. The number of carbonyl (C=O) groups is 1. The minimum absolute atomic E-state index is 0.0685. The summed E-state index contributed by atoms with van der Waals surface area (Å²) in [6.07, 6.45) is 4.96. The van der Waals surface area contributed by atoms with E-state index < -0.39 is 0 Å². The third kappa shape index (κ3) is 2.88. The molecule has 1 atom stereocenters. The maximum atomic E-state index is 12.1. The third-order valence-electron chi connectivity index (χ3n) is 3.65. The average Bonchev–Trinajstić information content (AvgIpc) is 3.00. The van der Waals surface area contributed by atoms with Crippen molar-refractivity contribution in [2.24, 2.45) is 0 Å². The molecule has 2 heterocycles. The summed E-state index contributed by atoms with van der Waals surface area (Å²) >= 11 is 0. The molecule has 0 radical (unpaired) electrons. The quantitative estimate of drug-likeness (QED) is 0.769. The molecule has 1 unspecified atom stereocenters. The number of nitrogens with one attached hydrogen (secondary N) is 3. The number of amides is 1. The minimum Gasteiger partial charge on any atom is -0.354 e. The maximum Gasteiger partial charge on any atom is 0.237 e. The lowest BCUT2D eigenvalue weighted by Gasteiger charge is -2.25. The van der Waals surface area contributed by atoms with Crippen LogP contribution in [0.2, 0.25) is 0 Å². The van der Waals surface area contributed by atoms with Gasteiger partial charge in [-0.05, 0) is 17.5 Å². The standard InChI is InChI=1S/C15H18N4O/c20-15(17-6-5-13-9-16-10-19-13)14-7-11-3-1-2-4-12(11)8-18-14/h1-4,9-10,14,18H,5-8H2,(H,16,19)(H,17,20). The van der Waals surface area contributed by atoms with E-state index in [1.165, 1.54) is 11.1 Å². The number of hydrogen-bond acceptors (Lipinski definition) is 3. The Morgan fingerprint density at radius 2 is 2.20 bits per heavy atom. The predicted molar refractivity (Wildman–Crippen MR) is 76.1 cm³/mol. The van der Waals surface area contributed by atoms with Gasteiger partial charge in [-0.25, -0.2) is 4.98 Å². The number of aromatic amines is 1. The highest BCUT2D eigenvalue weighted by molar-refractivity contribution is 5.82. The Morgan fingerprint density at radius 1 is 1.35 bits per heavy atom. The second-order valence-electron chi connectivity index (χ2n) is 5.02. The number of imidazole rings is 1. The van der Waals surface area contributed by atoms with E-state index >= 15 is 0 Å². The summed E-state index contributed by atoms with van der Waals surface area (Å²) < 4.78 is 0. The zero-order chi connectivity index (χ0) is 13.8. The van der Waals surface area contributed by atoms with E-state index in [4.69, 9.17) is 0 Å². The Bertz CT molecular complexity index is 579. The Labute approximate surface area is 117 Å². The fraction of sp³-hybridized carbons (Fsp3) is 0.333. The molecule has 1 aromatic carbocycles. The van der Waals surface area contributed by atoms with Crippen molar-refractivity contribution in [3.8, 4) is 0 Å². The fourth-order valence-corrected chi connectivity index (χ4v) is 2.50. The van der Waals surface area contributed by atoms with Crippen LogP contribution in [-0.2, 0) is 24.2 Å². The van der Waals surface area contributed by atoms with Crippen LogP contribution in [-0.4, -0.2) is 28.5 Å². The molecule has 104 valence electrons. The van der Waals surface area contributed by atoms with Crippen molar-refractivity contribution in [1.29, 1.82) is 0 Å². The fourth-order valence-electron chi connectivity index (χ4n) is 2.50. The van der Waals surface area contributed by atoms with Gasteiger partial charge in [-0.2, -0.15) is 0 Å². The molecular formula is C15H18N4O. The van der Waals surface area contributed by atoms with Gasteiger partial charge < -0.3 is 15.6 Å². The highest BCUT2D eigenvalue weighted by atomic mass is 16.2. The minimum atomic E-state index is -0.133. The Balaban J connectivity index is 1.51. The zero-order valence-corrected chi connectivity index (χ0v) is 11.2. The summed E-state index contributed by atoms with van der Waals surface area (Å²) in [7, 11) is 0. The van der Waals surface area contributed by atoms with Crippen molar-refractivity contribution >= 4 is 5.91 Å². The molecule has 1 aliphatic rings. The van der Waals surface area contributed by atoms with E-state index in [1.54, 1.807) is 12.5 Å². The number of benzene rings is 1. The number of fused-ring (bicyclic) bond motifs is 1. The summed E-state index contributed by atoms with van der Waals surface area (Å²) in [4.78, 5) is 19.1. The van der Waals surface area contributed by atoms with Crippen LogP contribution in [0, 0.1) is 0 Å². The lowest BCUT2D eigenvalue weighted by Crippen LogP contribution is -2.48. The van der Waals surface area contributed by atoms with Gasteiger partial charge in [0.1, 0.15) is 0 Å². The second-order valence-corrected chi connectivity index (χ2v) is 5.02. The highest BCUT2D eigenvalue weighted by Gasteiger charge is 2.23. The molecule has 0 spiro atoms. The van der Waals surface area contributed by atoms with Crippen LogP contribution in [0.25, 0.3) is 0 Å². The monoisotopic (exact) mass is 270 g/mol. The zero-order valence-electron chi connectivity index (χ0n) is 11.2. The van der Waals surface area contributed by atoms with Crippen molar-refractivity contribution in [3.05, 3.63) is 53.6 Å². The molecule has 20 heavy (non-hydrogen) atoms. The van der Waals surface area contributed by atoms with Gasteiger partial charge in [0, 0.05) is 31.4 Å². The highest BCUT2D eigenvalue weighted by Crippen LogP contribution is 2.16. The molecule has 0 bridgehead atoms. The van der Waals surface area contributed by atoms with Gasteiger partial charge in [0.25, 0.3) is 0 Å². The van der Waals surface area contributed by atoms with Gasteiger partial charge in [-0.15, -0.1) is 0 Å². The van der Waals surface area contributed by atoms with Crippen molar-refractivity contribution in [2.75, 3.05) is 6.54 Å². The topological polar surface area (TPSA) is 69.8 Å². The molecule has 1 amide bonds. The smallest absolute Gasteiger partial charge is 0.237 e. The van der Waals surface area contributed by atoms with Crippen LogP contribution < -0.4 is 10.6 Å². The van der Waals surface area contributed by atoms with E-state index in [9.17, 15) is 4.79 Å². The first-order valence-electron chi connectivity index (χ1n) is 6.88. The molecule has 3 rings (SSSR count). The van der Waals surface area contributed by atoms with E-state index in [0.29, 0.717) is 6.54 Å². The number of H-pyrrole nitrogens is 1. The van der Waals surface area contributed by atoms with Crippen LogP contribution in [0.5, 0.6) is 0 Å². The van der Waals surface area contributed by atoms with Crippen LogP contribution in [0.3, 0.4) is 0 Å². The molecular weight excluding hydrogens is 252 g/mol. The van der Waals surface area contributed by atoms with Gasteiger partial charge in [-0.1, -0.05) is 24.3 Å². The van der Waals surface area contributed by atoms with E-state index in [0.717, 1.165) is 25.1 Å². The van der Waals surface area contributed by atoms with Gasteiger partial charge >= 0.3 is 0 Å². The largest absolute Gasteiger partial charge is 0.354 e. The molecule has 2 aromatic rings. The molecule has 1 aliphatic heterocycles. The molecule has 5 heteroatoms. The van der Waals surface area contributed by atoms with Crippen molar-refractivity contribution < 1.29 is 4.79 Å². The Morgan fingerprint density at radius 3 is 3.00 bits per heavy atom. The first-order chi connectivity index (χ1) is 9.83. The normalized spacial score (nSPS) is 17.5.